The zero-order chi connectivity index (χ0) is 13.6. The van der Waals surface area contributed by atoms with E-state index in [2.05, 4.69) is 13.8 Å². The van der Waals surface area contributed by atoms with Gasteiger partial charge in [0.15, 0.2) is 0 Å². The third kappa shape index (κ3) is 2.65. The fraction of sp³-hybridized carbons (Fsp3) is 0.933. The standard InChI is InChI=1S/C15H27NO2/c1-11(2)15-7-6-12(8-15)9-16(10-15)13(17)18-14(3,4)5/h11-12H,6-10H2,1-5H3. The van der Waals surface area contributed by atoms with Crippen LogP contribution in [0.2, 0.25) is 0 Å². The molecule has 1 heterocycles. The Bertz CT molecular complexity index is 332. The molecule has 0 spiro atoms. The van der Waals surface area contributed by atoms with Crippen molar-refractivity contribution >= 4 is 6.09 Å². The number of hydrogen-bond donors (Lipinski definition) is 0. The quantitative estimate of drug-likeness (QED) is 0.713. The lowest BCUT2D eigenvalue weighted by atomic mass is 9.73. The van der Waals surface area contributed by atoms with E-state index in [4.69, 9.17) is 4.74 Å². The SMILES string of the molecule is CC(C)C12CCC(CN(C(=O)OC(C)(C)C)C1)C2. The second-order valence-electron chi connectivity index (χ2n) is 7.49. The van der Waals surface area contributed by atoms with E-state index in [1.807, 2.05) is 25.7 Å². The molecule has 0 aromatic rings. The number of likely N-dealkylation sites (tertiary alicyclic amines) is 1. The number of ether oxygens (including phenoxy) is 1. The lowest BCUT2D eigenvalue weighted by molar-refractivity contribution is -0.00288. The molecule has 1 saturated carbocycles. The Kier molecular flexibility index (Phi) is 3.37. The van der Waals surface area contributed by atoms with Gasteiger partial charge in [-0.15, -0.1) is 0 Å². The largest absolute Gasteiger partial charge is 0.444 e. The third-order valence-corrected chi connectivity index (χ3v) is 4.61. The van der Waals surface area contributed by atoms with Crippen molar-refractivity contribution in [1.29, 1.82) is 0 Å². The third-order valence-electron chi connectivity index (χ3n) is 4.61. The molecule has 0 radical (unpaired) electrons. The summed E-state index contributed by atoms with van der Waals surface area (Å²) in [4.78, 5) is 14.2. The summed E-state index contributed by atoms with van der Waals surface area (Å²) in [6.45, 7) is 12.2. The molecule has 1 aliphatic heterocycles. The fourth-order valence-electron chi connectivity index (χ4n) is 3.50. The molecule has 2 bridgehead atoms. The molecule has 2 aliphatic rings. The summed E-state index contributed by atoms with van der Waals surface area (Å²) in [6.07, 6.45) is 3.72. The molecule has 104 valence electrons. The first kappa shape index (κ1) is 13.7. The maximum Gasteiger partial charge on any atom is 0.410 e. The second kappa shape index (κ2) is 4.43. The Labute approximate surface area is 111 Å². The van der Waals surface area contributed by atoms with Gasteiger partial charge in [0.25, 0.3) is 0 Å². The van der Waals surface area contributed by atoms with Crippen LogP contribution in [0.15, 0.2) is 0 Å². The van der Waals surface area contributed by atoms with E-state index < -0.39 is 5.60 Å². The van der Waals surface area contributed by atoms with Crippen molar-refractivity contribution in [2.75, 3.05) is 13.1 Å². The Balaban J connectivity index is 2.06. The average Bonchev–Trinajstić information content (AvgIpc) is 2.53. The molecule has 0 aromatic heterocycles. The molecule has 3 heteroatoms. The van der Waals surface area contributed by atoms with Gasteiger partial charge in [0, 0.05) is 13.1 Å². The molecular formula is C15H27NO2. The minimum atomic E-state index is -0.390. The molecule has 0 aromatic carbocycles. The van der Waals surface area contributed by atoms with Crippen LogP contribution < -0.4 is 0 Å². The number of fused-ring (bicyclic) bond motifs is 2. The van der Waals surface area contributed by atoms with Gasteiger partial charge in [-0.2, -0.15) is 0 Å². The van der Waals surface area contributed by atoms with Crippen LogP contribution in [0, 0.1) is 17.3 Å². The average molecular weight is 253 g/mol. The molecule has 2 rings (SSSR count). The highest BCUT2D eigenvalue weighted by atomic mass is 16.6. The van der Waals surface area contributed by atoms with Gasteiger partial charge in [-0.25, -0.2) is 4.79 Å². The van der Waals surface area contributed by atoms with Crippen LogP contribution in [0.1, 0.15) is 53.9 Å². The number of piperidine rings is 1. The van der Waals surface area contributed by atoms with Gasteiger partial charge in [-0.3, -0.25) is 0 Å². The molecule has 2 atom stereocenters. The van der Waals surface area contributed by atoms with Crippen molar-refractivity contribution < 1.29 is 9.53 Å². The van der Waals surface area contributed by atoms with E-state index in [1.54, 1.807) is 0 Å². The summed E-state index contributed by atoms with van der Waals surface area (Å²) in [5.41, 5.74) is -0.0433. The van der Waals surface area contributed by atoms with E-state index in [0.29, 0.717) is 17.3 Å². The normalized spacial score (nSPS) is 31.9. The number of amides is 1. The maximum atomic E-state index is 12.2. The van der Waals surface area contributed by atoms with Crippen LogP contribution in [0.5, 0.6) is 0 Å². The van der Waals surface area contributed by atoms with E-state index in [-0.39, 0.29) is 6.09 Å². The number of carbonyl (C=O) groups is 1. The van der Waals surface area contributed by atoms with Gasteiger partial charge in [-0.05, 0) is 57.3 Å². The smallest absolute Gasteiger partial charge is 0.410 e. The van der Waals surface area contributed by atoms with E-state index in [9.17, 15) is 4.79 Å². The van der Waals surface area contributed by atoms with Crippen molar-refractivity contribution in [3.63, 3.8) is 0 Å². The number of nitrogens with zero attached hydrogens (tertiary/aromatic N) is 1. The number of rotatable bonds is 1. The molecule has 2 fully saturated rings. The monoisotopic (exact) mass is 253 g/mol. The zero-order valence-corrected chi connectivity index (χ0v) is 12.5. The summed E-state index contributed by atoms with van der Waals surface area (Å²) in [7, 11) is 0. The molecule has 1 saturated heterocycles. The molecular weight excluding hydrogens is 226 g/mol. The first-order chi connectivity index (χ1) is 8.22. The Morgan fingerprint density at radius 1 is 1.39 bits per heavy atom. The topological polar surface area (TPSA) is 29.5 Å². The molecule has 18 heavy (non-hydrogen) atoms. The predicted molar refractivity (Wildman–Crippen MR) is 72.4 cm³/mol. The second-order valence-corrected chi connectivity index (χ2v) is 7.49. The van der Waals surface area contributed by atoms with Gasteiger partial charge in [0.1, 0.15) is 5.60 Å². The van der Waals surface area contributed by atoms with Gasteiger partial charge < -0.3 is 9.64 Å². The first-order valence-electron chi connectivity index (χ1n) is 7.20. The van der Waals surface area contributed by atoms with Gasteiger partial charge in [0.05, 0.1) is 0 Å². The highest BCUT2D eigenvalue weighted by molar-refractivity contribution is 5.68. The Hall–Kier alpha value is -0.730. The molecule has 0 N–H and O–H groups in total. The van der Waals surface area contributed by atoms with Gasteiger partial charge in [-0.1, -0.05) is 13.8 Å². The van der Waals surface area contributed by atoms with Crippen LogP contribution in [-0.4, -0.2) is 29.7 Å². The molecule has 1 amide bonds. The Morgan fingerprint density at radius 2 is 2.06 bits per heavy atom. The van der Waals surface area contributed by atoms with Crippen LogP contribution in [0.4, 0.5) is 4.79 Å². The highest BCUT2D eigenvalue weighted by Gasteiger charge is 2.48. The van der Waals surface area contributed by atoms with Crippen molar-refractivity contribution in [1.82, 2.24) is 4.90 Å². The summed E-state index contributed by atoms with van der Waals surface area (Å²) in [6, 6.07) is 0. The van der Waals surface area contributed by atoms with Gasteiger partial charge >= 0.3 is 6.09 Å². The van der Waals surface area contributed by atoms with Crippen LogP contribution >= 0.6 is 0 Å². The fourth-order valence-corrected chi connectivity index (χ4v) is 3.50. The molecule has 3 nitrogen and oxygen atoms in total. The first-order valence-corrected chi connectivity index (χ1v) is 7.20. The summed E-state index contributed by atoms with van der Waals surface area (Å²) >= 11 is 0. The molecule has 1 aliphatic carbocycles. The van der Waals surface area contributed by atoms with E-state index in [1.165, 1.54) is 19.3 Å². The number of hydrogen-bond acceptors (Lipinski definition) is 2. The van der Waals surface area contributed by atoms with E-state index >= 15 is 0 Å². The summed E-state index contributed by atoms with van der Waals surface area (Å²) < 4.78 is 5.51. The van der Waals surface area contributed by atoms with Crippen molar-refractivity contribution in [3.05, 3.63) is 0 Å². The van der Waals surface area contributed by atoms with Crippen molar-refractivity contribution in [2.24, 2.45) is 17.3 Å². The van der Waals surface area contributed by atoms with Crippen LogP contribution in [0.3, 0.4) is 0 Å². The maximum absolute atomic E-state index is 12.2. The lowest BCUT2D eigenvalue weighted by Gasteiger charge is -2.43. The summed E-state index contributed by atoms with van der Waals surface area (Å²) in [5.74, 6) is 1.33. The van der Waals surface area contributed by atoms with Crippen molar-refractivity contribution in [2.45, 2.75) is 59.5 Å². The number of carbonyl (C=O) groups excluding carboxylic acids is 1. The summed E-state index contributed by atoms with van der Waals surface area (Å²) in [5, 5.41) is 0. The minimum absolute atomic E-state index is 0.126. The van der Waals surface area contributed by atoms with Crippen LogP contribution in [-0.2, 0) is 4.74 Å². The lowest BCUT2D eigenvalue weighted by Crippen LogP contribution is -2.49. The van der Waals surface area contributed by atoms with Crippen molar-refractivity contribution in [3.8, 4) is 0 Å². The highest BCUT2D eigenvalue weighted by Crippen LogP contribution is 2.51. The Morgan fingerprint density at radius 3 is 2.61 bits per heavy atom. The zero-order valence-electron chi connectivity index (χ0n) is 12.5. The minimum Gasteiger partial charge on any atom is -0.444 e. The van der Waals surface area contributed by atoms with E-state index in [0.717, 1.165) is 13.1 Å². The van der Waals surface area contributed by atoms with Gasteiger partial charge in [0.2, 0.25) is 0 Å². The molecule has 2 unspecified atom stereocenters. The van der Waals surface area contributed by atoms with Crippen LogP contribution in [0.25, 0.3) is 0 Å². The predicted octanol–water partition coefficient (Wildman–Crippen LogP) is 3.68.